The molecule has 0 spiro atoms. The van der Waals surface area contributed by atoms with E-state index in [0.717, 1.165) is 18.7 Å². The number of benzene rings is 1. The van der Waals surface area contributed by atoms with Gasteiger partial charge in [0.25, 0.3) is 0 Å². The second-order valence-corrected chi connectivity index (χ2v) is 6.49. The van der Waals surface area contributed by atoms with Crippen LogP contribution >= 0.6 is 0 Å². The molecule has 0 N–H and O–H groups in total. The highest BCUT2D eigenvalue weighted by Gasteiger charge is 2.16. The van der Waals surface area contributed by atoms with Gasteiger partial charge in [-0.2, -0.15) is 5.10 Å². The molecule has 24 heavy (non-hydrogen) atoms. The highest BCUT2D eigenvalue weighted by molar-refractivity contribution is 5.82. The van der Waals surface area contributed by atoms with E-state index in [1.54, 1.807) is 0 Å². The summed E-state index contributed by atoms with van der Waals surface area (Å²) in [6, 6.07) is 10.7. The van der Waals surface area contributed by atoms with Gasteiger partial charge in [-0.3, -0.25) is 9.67 Å². The Bertz CT molecular complexity index is 833. The molecule has 0 fully saturated rings. The van der Waals surface area contributed by atoms with Crippen molar-refractivity contribution >= 4 is 0 Å². The first-order valence-electron chi connectivity index (χ1n) is 8.25. The van der Waals surface area contributed by atoms with Crippen LogP contribution in [0.2, 0.25) is 0 Å². The number of pyridine rings is 1. The highest BCUT2D eigenvalue weighted by Crippen LogP contribution is 2.33. The maximum atomic E-state index is 4.68. The van der Waals surface area contributed by atoms with Crippen LogP contribution in [0.3, 0.4) is 0 Å². The molecule has 0 amide bonds. The molecular formula is C20H24N4. The van der Waals surface area contributed by atoms with Gasteiger partial charge in [-0.25, -0.2) is 0 Å². The summed E-state index contributed by atoms with van der Waals surface area (Å²) < 4.78 is 2.11. The molecule has 0 atom stereocenters. The first-order valence-corrected chi connectivity index (χ1v) is 8.25. The van der Waals surface area contributed by atoms with Gasteiger partial charge in [-0.05, 0) is 45.1 Å². The van der Waals surface area contributed by atoms with E-state index < -0.39 is 0 Å². The minimum absolute atomic E-state index is 0.857. The normalized spacial score (nSPS) is 11.2. The molecule has 0 saturated heterocycles. The summed E-state index contributed by atoms with van der Waals surface area (Å²) in [7, 11) is 4.17. The SMILES string of the molecule is Cc1cccc(-c2cnn(CCN(C)C)c2-c2ccncc2C)c1. The predicted octanol–water partition coefficient (Wildman–Crippen LogP) is 3.79. The fourth-order valence-electron chi connectivity index (χ4n) is 2.90. The molecule has 0 unspecified atom stereocenters. The number of aryl methyl sites for hydroxylation is 2. The van der Waals surface area contributed by atoms with Crippen molar-refractivity contribution in [1.82, 2.24) is 19.7 Å². The lowest BCUT2D eigenvalue weighted by Gasteiger charge is -2.15. The van der Waals surface area contributed by atoms with E-state index >= 15 is 0 Å². The standard InChI is InChI=1S/C20H24N4/c1-15-6-5-7-17(12-15)19-14-22-24(11-10-23(3)4)20(19)18-8-9-21-13-16(18)2/h5-9,12-14H,10-11H2,1-4H3. The molecule has 0 aliphatic heterocycles. The molecule has 1 aromatic carbocycles. The lowest BCUT2D eigenvalue weighted by molar-refractivity contribution is 0.374. The third kappa shape index (κ3) is 3.39. The molecule has 0 bridgehead atoms. The molecule has 4 nitrogen and oxygen atoms in total. The number of nitrogens with zero attached hydrogens (tertiary/aromatic N) is 4. The Labute approximate surface area is 143 Å². The van der Waals surface area contributed by atoms with Crippen LogP contribution in [0.25, 0.3) is 22.4 Å². The zero-order chi connectivity index (χ0) is 17.1. The van der Waals surface area contributed by atoms with Gasteiger partial charge in [-0.15, -0.1) is 0 Å². The molecule has 124 valence electrons. The molecule has 2 aromatic heterocycles. The van der Waals surface area contributed by atoms with E-state index in [0.29, 0.717) is 0 Å². The average molecular weight is 320 g/mol. The van der Waals surface area contributed by atoms with Gasteiger partial charge in [0.15, 0.2) is 0 Å². The summed E-state index contributed by atoms with van der Waals surface area (Å²) >= 11 is 0. The third-order valence-corrected chi connectivity index (χ3v) is 4.20. The summed E-state index contributed by atoms with van der Waals surface area (Å²) in [5.74, 6) is 0. The van der Waals surface area contributed by atoms with Crippen molar-refractivity contribution in [2.24, 2.45) is 0 Å². The third-order valence-electron chi connectivity index (χ3n) is 4.20. The number of hydrogen-bond acceptors (Lipinski definition) is 3. The molecule has 0 saturated carbocycles. The van der Waals surface area contributed by atoms with E-state index in [2.05, 4.69) is 77.9 Å². The second-order valence-electron chi connectivity index (χ2n) is 6.49. The summed E-state index contributed by atoms with van der Waals surface area (Å²) in [6.45, 7) is 6.03. The second kappa shape index (κ2) is 6.97. The van der Waals surface area contributed by atoms with Crippen molar-refractivity contribution in [3.63, 3.8) is 0 Å². The Kier molecular flexibility index (Phi) is 4.76. The van der Waals surface area contributed by atoms with Crippen LogP contribution < -0.4 is 0 Å². The minimum atomic E-state index is 0.857. The van der Waals surface area contributed by atoms with Crippen LogP contribution in [0.4, 0.5) is 0 Å². The Balaban J connectivity index is 2.14. The highest BCUT2D eigenvalue weighted by atomic mass is 15.3. The first kappa shape index (κ1) is 16.4. The van der Waals surface area contributed by atoms with Crippen molar-refractivity contribution < 1.29 is 0 Å². The largest absolute Gasteiger partial charge is 0.308 e. The van der Waals surface area contributed by atoms with E-state index in [1.807, 2.05) is 18.6 Å². The van der Waals surface area contributed by atoms with Crippen LogP contribution in [-0.4, -0.2) is 40.3 Å². The predicted molar refractivity (Wildman–Crippen MR) is 98.9 cm³/mol. The Morgan fingerprint density at radius 1 is 1.04 bits per heavy atom. The van der Waals surface area contributed by atoms with Crippen LogP contribution in [0.15, 0.2) is 48.9 Å². The Morgan fingerprint density at radius 3 is 2.58 bits per heavy atom. The van der Waals surface area contributed by atoms with Gasteiger partial charge in [0.2, 0.25) is 0 Å². The topological polar surface area (TPSA) is 34.0 Å². The van der Waals surface area contributed by atoms with E-state index in [4.69, 9.17) is 0 Å². The average Bonchev–Trinajstić information content (AvgIpc) is 2.97. The molecule has 4 heteroatoms. The molecule has 0 radical (unpaired) electrons. The van der Waals surface area contributed by atoms with Gasteiger partial charge in [0, 0.05) is 30.1 Å². The lowest BCUT2D eigenvalue weighted by Crippen LogP contribution is -2.19. The van der Waals surface area contributed by atoms with Gasteiger partial charge < -0.3 is 4.90 Å². The number of likely N-dealkylation sites (N-methyl/N-ethyl adjacent to an activating group) is 1. The molecular weight excluding hydrogens is 296 g/mol. The van der Waals surface area contributed by atoms with Crippen LogP contribution in [-0.2, 0) is 6.54 Å². The Hall–Kier alpha value is -2.46. The molecule has 0 aliphatic carbocycles. The van der Waals surface area contributed by atoms with Crippen molar-refractivity contribution in [1.29, 1.82) is 0 Å². The smallest absolute Gasteiger partial charge is 0.0765 e. The van der Waals surface area contributed by atoms with E-state index in [1.165, 1.54) is 27.9 Å². The zero-order valence-electron chi connectivity index (χ0n) is 14.8. The quantitative estimate of drug-likeness (QED) is 0.717. The first-order chi connectivity index (χ1) is 11.6. The number of hydrogen-bond donors (Lipinski definition) is 0. The summed E-state index contributed by atoms with van der Waals surface area (Å²) in [5.41, 5.74) is 7.16. The number of aromatic nitrogens is 3. The summed E-state index contributed by atoms with van der Waals surface area (Å²) in [4.78, 5) is 6.42. The van der Waals surface area contributed by atoms with Crippen LogP contribution in [0, 0.1) is 13.8 Å². The van der Waals surface area contributed by atoms with E-state index in [-0.39, 0.29) is 0 Å². The van der Waals surface area contributed by atoms with Gasteiger partial charge >= 0.3 is 0 Å². The maximum Gasteiger partial charge on any atom is 0.0765 e. The number of rotatable bonds is 5. The van der Waals surface area contributed by atoms with Crippen molar-refractivity contribution in [3.8, 4) is 22.4 Å². The van der Waals surface area contributed by atoms with Crippen LogP contribution in [0.5, 0.6) is 0 Å². The van der Waals surface area contributed by atoms with Crippen molar-refractivity contribution in [2.75, 3.05) is 20.6 Å². The van der Waals surface area contributed by atoms with Gasteiger partial charge in [-0.1, -0.05) is 29.8 Å². The van der Waals surface area contributed by atoms with Crippen LogP contribution in [0.1, 0.15) is 11.1 Å². The summed E-state index contributed by atoms with van der Waals surface area (Å²) in [6.07, 6.45) is 5.75. The fourth-order valence-corrected chi connectivity index (χ4v) is 2.90. The fraction of sp³-hybridized carbons (Fsp3) is 0.300. The zero-order valence-corrected chi connectivity index (χ0v) is 14.8. The van der Waals surface area contributed by atoms with Crippen molar-refractivity contribution in [2.45, 2.75) is 20.4 Å². The molecule has 3 aromatic rings. The van der Waals surface area contributed by atoms with E-state index in [9.17, 15) is 0 Å². The minimum Gasteiger partial charge on any atom is -0.308 e. The molecule has 0 aliphatic rings. The van der Waals surface area contributed by atoms with Gasteiger partial charge in [0.05, 0.1) is 18.4 Å². The molecule has 3 rings (SSSR count). The Morgan fingerprint density at radius 2 is 1.88 bits per heavy atom. The molecule has 2 heterocycles. The monoisotopic (exact) mass is 320 g/mol. The van der Waals surface area contributed by atoms with Crippen molar-refractivity contribution in [3.05, 3.63) is 60.0 Å². The van der Waals surface area contributed by atoms with Gasteiger partial charge in [0.1, 0.15) is 0 Å². The summed E-state index contributed by atoms with van der Waals surface area (Å²) in [5, 5.41) is 4.68. The maximum absolute atomic E-state index is 4.68. The lowest BCUT2D eigenvalue weighted by atomic mass is 9.98.